The standard InChI is InChI=1S/C21H14N2O5/c1-27-19-11-10-13(12-18(19)23(25)26)21(24)28-22-20-16-8-4-2-6-14(16)15-7-3-5-9-17(15)20/h2-12H,1H3. The number of carbonyl (C=O) groups is 1. The van der Waals surface area contributed by atoms with Crippen molar-refractivity contribution in [3.05, 3.63) is 93.5 Å². The number of hydrogen-bond acceptors (Lipinski definition) is 6. The van der Waals surface area contributed by atoms with E-state index in [0.29, 0.717) is 5.71 Å². The van der Waals surface area contributed by atoms with Crippen LogP contribution in [0.25, 0.3) is 11.1 Å². The van der Waals surface area contributed by atoms with E-state index in [1.807, 2.05) is 48.5 Å². The number of nitrogens with zero attached hydrogens (tertiary/aromatic N) is 2. The van der Waals surface area contributed by atoms with Gasteiger partial charge in [-0.1, -0.05) is 53.7 Å². The Kier molecular flexibility index (Phi) is 4.33. The Bertz CT molecular complexity index is 1090. The number of rotatable bonds is 4. The summed E-state index contributed by atoms with van der Waals surface area (Å²) in [4.78, 5) is 28.0. The first-order valence-electron chi connectivity index (χ1n) is 8.41. The van der Waals surface area contributed by atoms with Gasteiger partial charge in [0.05, 0.1) is 17.6 Å². The van der Waals surface area contributed by atoms with Gasteiger partial charge in [-0.05, 0) is 23.3 Å². The van der Waals surface area contributed by atoms with Crippen molar-refractivity contribution >= 4 is 17.4 Å². The van der Waals surface area contributed by atoms with Crippen LogP contribution in [0.5, 0.6) is 5.75 Å². The van der Waals surface area contributed by atoms with E-state index in [-0.39, 0.29) is 17.0 Å². The zero-order valence-corrected chi connectivity index (χ0v) is 14.8. The predicted octanol–water partition coefficient (Wildman–Crippen LogP) is 4.19. The van der Waals surface area contributed by atoms with E-state index < -0.39 is 10.9 Å². The van der Waals surface area contributed by atoms with Crippen LogP contribution in [0, 0.1) is 10.1 Å². The first kappa shape index (κ1) is 17.4. The maximum absolute atomic E-state index is 12.4. The normalized spacial score (nSPS) is 11.4. The van der Waals surface area contributed by atoms with Crippen LogP contribution in [-0.4, -0.2) is 23.7 Å². The van der Waals surface area contributed by atoms with Gasteiger partial charge in [0.25, 0.3) is 0 Å². The lowest BCUT2D eigenvalue weighted by Gasteiger charge is -2.04. The monoisotopic (exact) mass is 374 g/mol. The largest absolute Gasteiger partial charge is 0.490 e. The molecule has 0 aliphatic heterocycles. The topological polar surface area (TPSA) is 91.0 Å². The molecule has 0 N–H and O–H groups in total. The van der Waals surface area contributed by atoms with Crippen LogP contribution in [0.2, 0.25) is 0 Å². The van der Waals surface area contributed by atoms with Crippen molar-refractivity contribution < 1.29 is 19.3 Å². The van der Waals surface area contributed by atoms with Gasteiger partial charge >= 0.3 is 11.7 Å². The van der Waals surface area contributed by atoms with Gasteiger partial charge in [0.2, 0.25) is 0 Å². The summed E-state index contributed by atoms with van der Waals surface area (Å²) in [6.07, 6.45) is 0. The molecule has 0 atom stereocenters. The SMILES string of the molecule is COc1ccc(C(=O)ON=C2c3ccccc3-c3ccccc32)cc1[N+](=O)[O-]. The quantitative estimate of drug-likeness (QED) is 0.303. The molecule has 138 valence electrons. The molecule has 3 aromatic carbocycles. The highest BCUT2D eigenvalue weighted by atomic mass is 16.7. The Hall–Kier alpha value is -4.00. The zero-order valence-electron chi connectivity index (χ0n) is 14.8. The first-order valence-corrected chi connectivity index (χ1v) is 8.41. The molecule has 0 radical (unpaired) electrons. The predicted molar refractivity (Wildman–Crippen MR) is 103 cm³/mol. The Morgan fingerprint density at radius 2 is 1.50 bits per heavy atom. The molecule has 4 rings (SSSR count). The van der Waals surface area contributed by atoms with Gasteiger partial charge in [-0.15, -0.1) is 0 Å². The minimum atomic E-state index is -0.792. The summed E-state index contributed by atoms with van der Waals surface area (Å²) in [6.45, 7) is 0. The van der Waals surface area contributed by atoms with Crippen LogP contribution in [-0.2, 0) is 4.84 Å². The molecule has 0 unspecified atom stereocenters. The Morgan fingerprint density at radius 1 is 0.929 bits per heavy atom. The van der Waals surface area contributed by atoms with E-state index in [1.165, 1.54) is 19.2 Å². The highest BCUT2D eigenvalue weighted by molar-refractivity contribution is 6.24. The van der Waals surface area contributed by atoms with Gasteiger partial charge in [0, 0.05) is 17.2 Å². The van der Waals surface area contributed by atoms with E-state index in [1.54, 1.807) is 0 Å². The number of carbonyl (C=O) groups excluding carboxylic acids is 1. The highest BCUT2D eigenvalue weighted by Gasteiger charge is 2.25. The third-order valence-corrected chi connectivity index (χ3v) is 4.49. The molecular formula is C21H14N2O5. The minimum Gasteiger partial charge on any atom is -0.490 e. The first-order chi connectivity index (χ1) is 13.6. The second-order valence-electron chi connectivity index (χ2n) is 6.05. The molecule has 0 aromatic heterocycles. The molecular weight excluding hydrogens is 360 g/mol. The van der Waals surface area contributed by atoms with Crippen molar-refractivity contribution in [2.75, 3.05) is 7.11 Å². The molecule has 3 aromatic rings. The minimum absolute atomic E-state index is 0.0106. The Morgan fingerprint density at radius 3 is 2.04 bits per heavy atom. The Balaban J connectivity index is 1.67. The molecule has 0 spiro atoms. The molecule has 0 amide bonds. The van der Waals surface area contributed by atoms with Crippen LogP contribution >= 0.6 is 0 Å². The second-order valence-corrected chi connectivity index (χ2v) is 6.05. The average Bonchev–Trinajstić information content (AvgIpc) is 3.05. The highest BCUT2D eigenvalue weighted by Crippen LogP contribution is 2.36. The van der Waals surface area contributed by atoms with E-state index in [0.717, 1.165) is 28.3 Å². The van der Waals surface area contributed by atoms with Gasteiger partial charge in [-0.3, -0.25) is 10.1 Å². The van der Waals surface area contributed by atoms with E-state index in [9.17, 15) is 14.9 Å². The molecule has 0 fully saturated rings. The van der Waals surface area contributed by atoms with Crippen molar-refractivity contribution in [3.63, 3.8) is 0 Å². The number of oxime groups is 1. The molecule has 0 saturated heterocycles. The number of methoxy groups -OCH3 is 1. The molecule has 7 nitrogen and oxygen atoms in total. The van der Waals surface area contributed by atoms with Crippen molar-refractivity contribution in [1.82, 2.24) is 0 Å². The summed E-state index contributed by atoms with van der Waals surface area (Å²) < 4.78 is 4.94. The van der Waals surface area contributed by atoms with Gasteiger partial charge in [-0.25, -0.2) is 4.79 Å². The lowest BCUT2D eigenvalue weighted by Crippen LogP contribution is -2.06. The summed E-state index contributed by atoms with van der Waals surface area (Å²) in [5.41, 5.74) is 3.97. The second kappa shape index (κ2) is 6.96. The fourth-order valence-corrected chi connectivity index (χ4v) is 3.19. The lowest BCUT2D eigenvalue weighted by molar-refractivity contribution is -0.385. The van der Waals surface area contributed by atoms with Crippen LogP contribution in [0.15, 0.2) is 71.9 Å². The van der Waals surface area contributed by atoms with Crippen molar-refractivity contribution in [2.24, 2.45) is 5.16 Å². The van der Waals surface area contributed by atoms with Crippen molar-refractivity contribution in [2.45, 2.75) is 0 Å². The van der Waals surface area contributed by atoms with Gasteiger partial charge in [-0.2, -0.15) is 0 Å². The molecule has 0 saturated carbocycles. The van der Waals surface area contributed by atoms with E-state index >= 15 is 0 Å². The summed E-state index contributed by atoms with van der Waals surface area (Å²) in [6, 6.07) is 19.2. The van der Waals surface area contributed by atoms with Gasteiger partial charge in [0.15, 0.2) is 5.75 Å². The number of nitro groups is 1. The van der Waals surface area contributed by atoms with Crippen molar-refractivity contribution in [3.8, 4) is 16.9 Å². The van der Waals surface area contributed by atoms with Crippen molar-refractivity contribution in [1.29, 1.82) is 0 Å². The molecule has 1 aliphatic carbocycles. The number of fused-ring (bicyclic) bond motifs is 3. The van der Waals surface area contributed by atoms with Crippen LogP contribution in [0.4, 0.5) is 5.69 Å². The zero-order chi connectivity index (χ0) is 19.7. The van der Waals surface area contributed by atoms with Crippen LogP contribution in [0.3, 0.4) is 0 Å². The Labute approximate surface area is 160 Å². The molecule has 28 heavy (non-hydrogen) atoms. The molecule has 0 bridgehead atoms. The molecule has 7 heteroatoms. The van der Waals surface area contributed by atoms with Gasteiger partial charge in [0.1, 0.15) is 5.71 Å². The van der Waals surface area contributed by atoms with Gasteiger partial charge < -0.3 is 9.57 Å². The fourth-order valence-electron chi connectivity index (χ4n) is 3.19. The van der Waals surface area contributed by atoms with E-state index in [2.05, 4.69) is 5.16 Å². The summed E-state index contributed by atoms with van der Waals surface area (Å²) in [5, 5.41) is 15.2. The molecule has 0 heterocycles. The lowest BCUT2D eigenvalue weighted by atomic mass is 10.1. The van der Waals surface area contributed by atoms with Crippen LogP contribution < -0.4 is 4.74 Å². The smallest absolute Gasteiger partial charge is 0.366 e. The number of hydrogen-bond donors (Lipinski definition) is 0. The average molecular weight is 374 g/mol. The summed E-state index contributed by atoms with van der Waals surface area (Å²) >= 11 is 0. The number of nitro benzene ring substituents is 1. The number of ether oxygens (including phenoxy) is 1. The summed E-state index contributed by atoms with van der Waals surface area (Å²) in [7, 11) is 1.32. The third kappa shape index (κ3) is 2.88. The fraction of sp³-hybridized carbons (Fsp3) is 0.0476. The third-order valence-electron chi connectivity index (χ3n) is 4.49. The van der Waals surface area contributed by atoms with Crippen LogP contribution in [0.1, 0.15) is 21.5 Å². The van der Waals surface area contributed by atoms with E-state index in [4.69, 9.17) is 9.57 Å². The summed E-state index contributed by atoms with van der Waals surface area (Å²) in [5.74, 6) is -0.730. The maximum Gasteiger partial charge on any atom is 0.366 e. The maximum atomic E-state index is 12.4. The number of benzene rings is 3. The molecule has 1 aliphatic rings.